The van der Waals surface area contributed by atoms with Crippen LogP contribution in [-0.4, -0.2) is 18.9 Å². The van der Waals surface area contributed by atoms with Gasteiger partial charge in [-0.15, -0.1) is 0 Å². The third kappa shape index (κ3) is 3.74. The van der Waals surface area contributed by atoms with Crippen LogP contribution in [0.5, 0.6) is 5.75 Å². The number of hydrogen-bond acceptors (Lipinski definition) is 3. The van der Waals surface area contributed by atoms with Crippen molar-refractivity contribution in [3.05, 3.63) is 54.1 Å². The molecule has 0 spiro atoms. The average molecular weight is 324 g/mol. The quantitative estimate of drug-likeness (QED) is 0.887. The third-order valence-electron chi connectivity index (χ3n) is 4.09. The Morgan fingerprint density at radius 1 is 0.958 bits per heavy atom. The number of anilines is 2. The summed E-state index contributed by atoms with van der Waals surface area (Å²) in [5, 5.41) is 5.71. The van der Waals surface area contributed by atoms with Crippen molar-refractivity contribution in [1.29, 1.82) is 0 Å². The molecule has 24 heavy (non-hydrogen) atoms. The van der Waals surface area contributed by atoms with Gasteiger partial charge in [-0.25, -0.2) is 0 Å². The zero-order chi connectivity index (χ0) is 17.1. The molecule has 124 valence electrons. The Morgan fingerprint density at radius 3 is 2.12 bits per heavy atom. The van der Waals surface area contributed by atoms with Gasteiger partial charge in [0.05, 0.1) is 18.9 Å². The van der Waals surface area contributed by atoms with Gasteiger partial charge in [0, 0.05) is 17.4 Å². The molecule has 0 aliphatic heterocycles. The van der Waals surface area contributed by atoms with Crippen LogP contribution in [-0.2, 0) is 9.59 Å². The molecule has 0 saturated heterocycles. The number of amides is 2. The number of ether oxygens (including phenoxy) is 1. The molecule has 0 bridgehead atoms. The van der Waals surface area contributed by atoms with Gasteiger partial charge in [-0.2, -0.15) is 0 Å². The highest BCUT2D eigenvalue weighted by Gasteiger charge is 2.48. The number of carbonyl (C=O) groups is 2. The molecule has 2 aromatic rings. The van der Waals surface area contributed by atoms with Crippen molar-refractivity contribution < 1.29 is 14.3 Å². The lowest BCUT2D eigenvalue weighted by atomic mass is 10.2. The molecule has 0 heterocycles. The number of nitrogens with one attached hydrogen (secondary N) is 2. The van der Waals surface area contributed by atoms with Crippen LogP contribution < -0.4 is 15.4 Å². The molecule has 2 N–H and O–H groups in total. The lowest BCUT2D eigenvalue weighted by Crippen LogP contribution is -2.20. The van der Waals surface area contributed by atoms with Crippen molar-refractivity contribution in [2.24, 2.45) is 11.8 Å². The van der Waals surface area contributed by atoms with Gasteiger partial charge in [0.25, 0.3) is 0 Å². The van der Waals surface area contributed by atoms with Gasteiger partial charge in [0.1, 0.15) is 5.75 Å². The van der Waals surface area contributed by atoms with E-state index in [9.17, 15) is 9.59 Å². The van der Waals surface area contributed by atoms with E-state index in [2.05, 4.69) is 10.6 Å². The molecule has 2 aromatic carbocycles. The summed E-state index contributed by atoms with van der Waals surface area (Å²) < 4.78 is 5.13. The van der Waals surface area contributed by atoms with Crippen molar-refractivity contribution in [3.63, 3.8) is 0 Å². The van der Waals surface area contributed by atoms with E-state index < -0.39 is 0 Å². The lowest BCUT2D eigenvalue weighted by Gasteiger charge is -2.07. The fraction of sp³-hybridized carbons (Fsp3) is 0.263. The topological polar surface area (TPSA) is 67.4 Å². The predicted molar refractivity (Wildman–Crippen MR) is 93.0 cm³/mol. The van der Waals surface area contributed by atoms with Crippen molar-refractivity contribution in [1.82, 2.24) is 0 Å². The van der Waals surface area contributed by atoms with E-state index in [1.165, 1.54) is 0 Å². The predicted octanol–water partition coefficient (Wildman–Crippen LogP) is 3.22. The minimum Gasteiger partial charge on any atom is -0.497 e. The summed E-state index contributed by atoms with van der Waals surface area (Å²) in [4.78, 5) is 24.5. The highest BCUT2D eigenvalue weighted by Crippen LogP contribution is 2.40. The standard InChI is InChI=1S/C19H20N2O3/c1-12-5-3-6-13(9-12)20-18(22)16-11-17(16)19(23)21-14-7-4-8-15(10-14)24-2/h3-10,16-17H,11H2,1-2H3,(H,20,22)(H,21,23). The first-order chi connectivity index (χ1) is 11.6. The second-order valence-electron chi connectivity index (χ2n) is 6.03. The van der Waals surface area contributed by atoms with Crippen LogP contribution in [0.2, 0.25) is 0 Å². The van der Waals surface area contributed by atoms with Gasteiger partial charge in [-0.1, -0.05) is 18.2 Å². The van der Waals surface area contributed by atoms with Gasteiger partial charge < -0.3 is 15.4 Å². The molecule has 3 rings (SSSR count). The van der Waals surface area contributed by atoms with E-state index in [-0.39, 0.29) is 23.7 Å². The van der Waals surface area contributed by atoms with Crippen molar-refractivity contribution in [2.45, 2.75) is 13.3 Å². The molecule has 2 atom stereocenters. The van der Waals surface area contributed by atoms with Crippen LogP contribution in [0.1, 0.15) is 12.0 Å². The van der Waals surface area contributed by atoms with E-state index in [0.717, 1.165) is 11.3 Å². The fourth-order valence-corrected chi connectivity index (χ4v) is 2.67. The highest BCUT2D eigenvalue weighted by atomic mass is 16.5. The number of hydrogen-bond donors (Lipinski definition) is 2. The summed E-state index contributed by atoms with van der Waals surface area (Å²) in [5.41, 5.74) is 2.51. The van der Waals surface area contributed by atoms with Gasteiger partial charge in [-0.05, 0) is 43.2 Å². The Balaban J connectivity index is 1.56. The summed E-state index contributed by atoms with van der Waals surface area (Å²) in [7, 11) is 1.58. The second-order valence-corrected chi connectivity index (χ2v) is 6.03. The van der Waals surface area contributed by atoms with E-state index >= 15 is 0 Å². The molecular formula is C19H20N2O3. The Kier molecular flexibility index (Phi) is 4.51. The molecule has 0 aromatic heterocycles. The van der Waals surface area contributed by atoms with Gasteiger partial charge in [-0.3, -0.25) is 9.59 Å². The lowest BCUT2D eigenvalue weighted by molar-refractivity contribution is -0.122. The molecular weight excluding hydrogens is 304 g/mol. The van der Waals surface area contributed by atoms with Crippen LogP contribution in [0.25, 0.3) is 0 Å². The summed E-state index contributed by atoms with van der Waals surface area (Å²) in [6.45, 7) is 1.97. The fourth-order valence-electron chi connectivity index (χ4n) is 2.67. The van der Waals surface area contributed by atoms with Crippen molar-refractivity contribution in [3.8, 4) is 5.75 Å². The van der Waals surface area contributed by atoms with Gasteiger partial charge in [0.15, 0.2) is 0 Å². The molecule has 1 fully saturated rings. The first kappa shape index (κ1) is 16.1. The summed E-state index contributed by atoms with van der Waals surface area (Å²) >= 11 is 0. The number of aryl methyl sites for hydroxylation is 1. The summed E-state index contributed by atoms with van der Waals surface area (Å²) in [5.74, 6) is -0.103. The summed E-state index contributed by atoms with van der Waals surface area (Å²) in [6.07, 6.45) is 0.577. The highest BCUT2D eigenvalue weighted by molar-refractivity contribution is 6.03. The molecule has 2 amide bonds. The van der Waals surface area contributed by atoms with Crippen molar-refractivity contribution in [2.75, 3.05) is 17.7 Å². The Bertz CT molecular complexity index is 773. The van der Waals surface area contributed by atoms with Crippen LogP contribution in [0, 0.1) is 18.8 Å². The third-order valence-corrected chi connectivity index (χ3v) is 4.09. The van der Waals surface area contributed by atoms with E-state index in [4.69, 9.17) is 4.74 Å². The number of benzene rings is 2. The van der Waals surface area contributed by atoms with E-state index in [0.29, 0.717) is 17.9 Å². The first-order valence-corrected chi connectivity index (χ1v) is 7.89. The monoisotopic (exact) mass is 324 g/mol. The smallest absolute Gasteiger partial charge is 0.228 e. The Morgan fingerprint density at radius 2 is 1.54 bits per heavy atom. The molecule has 5 heteroatoms. The number of carbonyl (C=O) groups excluding carboxylic acids is 2. The van der Waals surface area contributed by atoms with Gasteiger partial charge in [0.2, 0.25) is 11.8 Å². The normalized spacial score (nSPS) is 18.6. The number of rotatable bonds is 5. The Hall–Kier alpha value is -2.82. The maximum atomic E-state index is 12.3. The van der Waals surface area contributed by atoms with Crippen LogP contribution in [0.4, 0.5) is 11.4 Å². The summed E-state index contributed by atoms with van der Waals surface area (Å²) in [6, 6.07) is 14.8. The minimum absolute atomic E-state index is 0.105. The molecule has 2 unspecified atom stereocenters. The maximum absolute atomic E-state index is 12.3. The van der Waals surface area contributed by atoms with Crippen LogP contribution in [0.3, 0.4) is 0 Å². The molecule has 5 nitrogen and oxygen atoms in total. The maximum Gasteiger partial charge on any atom is 0.228 e. The largest absolute Gasteiger partial charge is 0.497 e. The zero-order valence-corrected chi connectivity index (χ0v) is 13.7. The zero-order valence-electron chi connectivity index (χ0n) is 13.7. The minimum atomic E-state index is -0.277. The van der Waals surface area contributed by atoms with E-state index in [1.54, 1.807) is 19.2 Å². The molecule has 1 aliphatic rings. The van der Waals surface area contributed by atoms with Gasteiger partial charge >= 0.3 is 0 Å². The molecule has 1 aliphatic carbocycles. The number of methoxy groups -OCH3 is 1. The second kappa shape index (κ2) is 6.74. The first-order valence-electron chi connectivity index (χ1n) is 7.89. The molecule has 0 radical (unpaired) electrons. The van der Waals surface area contributed by atoms with E-state index in [1.807, 2.05) is 43.3 Å². The Labute approximate surface area is 141 Å². The van der Waals surface area contributed by atoms with Crippen molar-refractivity contribution >= 4 is 23.2 Å². The molecule has 1 saturated carbocycles. The van der Waals surface area contributed by atoms with Crippen LogP contribution >= 0.6 is 0 Å². The van der Waals surface area contributed by atoms with Crippen LogP contribution in [0.15, 0.2) is 48.5 Å². The SMILES string of the molecule is COc1cccc(NC(=O)C2CC2C(=O)Nc2cccc(C)c2)c1. The average Bonchev–Trinajstić information content (AvgIpc) is 3.36.